The first-order valence-electron chi connectivity index (χ1n) is 4.24. The van der Waals surface area contributed by atoms with Gasteiger partial charge >= 0.3 is 0 Å². The Labute approximate surface area is 71.9 Å². The van der Waals surface area contributed by atoms with Crippen LogP contribution in [0.5, 0.6) is 0 Å². The van der Waals surface area contributed by atoms with Gasteiger partial charge in [-0.3, -0.25) is 0 Å². The molecule has 0 aromatic heterocycles. The molecule has 2 aliphatic rings. The molecular formula is C9H13NS. The van der Waals surface area contributed by atoms with E-state index in [9.17, 15) is 0 Å². The van der Waals surface area contributed by atoms with Crippen LogP contribution in [0, 0.1) is 5.92 Å². The van der Waals surface area contributed by atoms with E-state index in [2.05, 4.69) is 16.9 Å². The van der Waals surface area contributed by atoms with Gasteiger partial charge in [0.25, 0.3) is 0 Å². The molecule has 1 fully saturated rings. The first-order valence-corrected chi connectivity index (χ1v) is 5.12. The van der Waals surface area contributed by atoms with Crippen molar-refractivity contribution in [3.8, 4) is 0 Å². The molecule has 0 unspecified atom stereocenters. The maximum atomic E-state index is 3.15. The average Bonchev–Trinajstić information content (AvgIpc) is 2.58. The first kappa shape index (κ1) is 7.29. The monoisotopic (exact) mass is 167 g/mol. The Hall–Kier alpha value is -0.370. The molecule has 0 amide bonds. The Morgan fingerprint density at radius 1 is 1.36 bits per heavy atom. The molecule has 0 aromatic carbocycles. The lowest BCUT2D eigenvalue weighted by atomic mass is 10.1. The summed E-state index contributed by atoms with van der Waals surface area (Å²) in [6.07, 6.45) is 9.78. The molecule has 0 saturated heterocycles. The van der Waals surface area contributed by atoms with Crippen LogP contribution in [0.3, 0.4) is 0 Å². The molecule has 1 nitrogen and oxygen atoms in total. The van der Waals surface area contributed by atoms with Crippen molar-refractivity contribution in [2.45, 2.75) is 25.7 Å². The van der Waals surface area contributed by atoms with Gasteiger partial charge in [-0.25, -0.2) is 0 Å². The summed E-state index contributed by atoms with van der Waals surface area (Å²) in [5, 5.41) is 5.28. The summed E-state index contributed by atoms with van der Waals surface area (Å²) in [7, 11) is 0. The van der Waals surface area contributed by atoms with Crippen molar-refractivity contribution in [2.24, 2.45) is 5.92 Å². The van der Waals surface area contributed by atoms with Crippen LogP contribution >= 0.6 is 11.8 Å². The second-order valence-corrected chi connectivity index (χ2v) is 4.09. The highest BCUT2D eigenvalue weighted by Gasteiger charge is 2.19. The van der Waals surface area contributed by atoms with Gasteiger partial charge in [-0.1, -0.05) is 24.6 Å². The average molecular weight is 167 g/mol. The minimum Gasteiger partial charge on any atom is -0.366 e. The van der Waals surface area contributed by atoms with Crippen molar-refractivity contribution < 1.29 is 0 Å². The summed E-state index contributed by atoms with van der Waals surface area (Å²) in [6.45, 7) is 0. The van der Waals surface area contributed by atoms with Gasteiger partial charge < -0.3 is 5.32 Å². The molecule has 2 rings (SSSR count). The Kier molecular flexibility index (Phi) is 2.22. The molecule has 0 bridgehead atoms. The summed E-state index contributed by atoms with van der Waals surface area (Å²) in [6, 6.07) is 0. The van der Waals surface area contributed by atoms with E-state index in [-0.39, 0.29) is 0 Å². The normalized spacial score (nSPS) is 24.9. The fraction of sp³-hybridized carbons (Fsp3) is 0.556. The van der Waals surface area contributed by atoms with Crippen molar-refractivity contribution in [2.75, 3.05) is 0 Å². The van der Waals surface area contributed by atoms with Gasteiger partial charge in [-0.05, 0) is 24.2 Å². The lowest BCUT2D eigenvalue weighted by Crippen LogP contribution is -2.03. The van der Waals surface area contributed by atoms with Crippen LogP contribution in [0.1, 0.15) is 25.7 Å². The van der Waals surface area contributed by atoms with E-state index in [1.807, 2.05) is 18.0 Å². The number of rotatable bonds is 1. The number of allylic oxidation sites excluding steroid dienone is 1. The summed E-state index contributed by atoms with van der Waals surface area (Å²) in [5.41, 5.74) is 0. The van der Waals surface area contributed by atoms with Crippen LogP contribution in [0.15, 0.2) is 22.7 Å². The molecule has 11 heavy (non-hydrogen) atoms. The molecular weight excluding hydrogens is 154 g/mol. The Balaban J connectivity index is 1.97. The number of hydrogen-bond acceptors (Lipinski definition) is 2. The second-order valence-electron chi connectivity index (χ2n) is 3.12. The number of nitrogens with one attached hydrogen (secondary N) is 1. The van der Waals surface area contributed by atoms with Crippen molar-refractivity contribution in [3.05, 3.63) is 22.7 Å². The summed E-state index contributed by atoms with van der Waals surface area (Å²) >= 11 is 1.88. The lowest BCUT2D eigenvalue weighted by molar-refractivity contribution is 0.671. The molecule has 0 aromatic rings. The summed E-state index contributed by atoms with van der Waals surface area (Å²) < 4.78 is 0. The fourth-order valence-corrected chi connectivity index (χ4v) is 2.61. The smallest absolute Gasteiger partial charge is 0.0107 e. The van der Waals surface area contributed by atoms with Crippen molar-refractivity contribution in [1.29, 1.82) is 0 Å². The van der Waals surface area contributed by atoms with Gasteiger partial charge in [-0.2, -0.15) is 0 Å². The van der Waals surface area contributed by atoms with Crippen LogP contribution < -0.4 is 5.32 Å². The third-order valence-corrected chi connectivity index (χ3v) is 3.35. The van der Waals surface area contributed by atoms with E-state index in [4.69, 9.17) is 0 Å². The zero-order valence-corrected chi connectivity index (χ0v) is 7.36. The van der Waals surface area contributed by atoms with Crippen LogP contribution in [-0.2, 0) is 0 Å². The minimum absolute atomic E-state index is 0.859. The minimum atomic E-state index is 0.859. The zero-order valence-electron chi connectivity index (χ0n) is 6.55. The first-order chi connectivity index (χ1) is 5.47. The zero-order chi connectivity index (χ0) is 7.52. The lowest BCUT2D eigenvalue weighted by Gasteiger charge is -2.14. The molecule has 1 N–H and O–H groups in total. The molecule has 1 heterocycles. The van der Waals surface area contributed by atoms with Gasteiger partial charge in [0.1, 0.15) is 0 Å². The van der Waals surface area contributed by atoms with Crippen LogP contribution in [0.25, 0.3) is 0 Å². The van der Waals surface area contributed by atoms with Crippen LogP contribution in [0.2, 0.25) is 0 Å². The van der Waals surface area contributed by atoms with Crippen molar-refractivity contribution in [3.63, 3.8) is 0 Å². The fourth-order valence-electron chi connectivity index (χ4n) is 1.74. The predicted octanol–water partition coefficient (Wildman–Crippen LogP) is 2.83. The maximum Gasteiger partial charge on any atom is 0.0107 e. The quantitative estimate of drug-likeness (QED) is 0.644. The van der Waals surface area contributed by atoms with Gasteiger partial charge in [0.2, 0.25) is 0 Å². The third kappa shape index (κ3) is 1.62. The highest BCUT2D eigenvalue weighted by atomic mass is 32.2. The maximum absolute atomic E-state index is 3.15. The molecule has 2 heteroatoms. The Bertz CT molecular complexity index is 190. The van der Waals surface area contributed by atoms with E-state index in [1.165, 1.54) is 30.6 Å². The van der Waals surface area contributed by atoms with E-state index < -0.39 is 0 Å². The molecule has 1 aliphatic heterocycles. The standard InChI is InChI=1S/C9H13NS/c1-2-4-8(3-1)9-7-10-5-6-11-9/h5-8,10H,1-4H2. The van der Waals surface area contributed by atoms with E-state index in [0.717, 1.165) is 5.92 Å². The predicted molar refractivity (Wildman–Crippen MR) is 49.9 cm³/mol. The topological polar surface area (TPSA) is 12.0 Å². The van der Waals surface area contributed by atoms with Crippen LogP contribution in [0.4, 0.5) is 0 Å². The second kappa shape index (κ2) is 3.35. The number of thioether (sulfide) groups is 1. The molecule has 1 aliphatic carbocycles. The Morgan fingerprint density at radius 3 is 2.82 bits per heavy atom. The largest absolute Gasteiger partial charge is 0.366 e. The van der Waals surface area contributed by atoms with Crippen LogP contribution in [-0.4, -0.2) is 0 Å². The van der Waals surface area contributed by atoms with E-state index >= 15 is 0 Å². The summed E-state index contributed by atoms with van der Waals surface area (Å²) in [5.74, 6) is 0.859. The third-order valence-electron chi connectivity index (χ3n) is 2.35. The molecule has 0 spiro atoms. The van der Waals surface area contributed by atoms with Crippen molar-refractivity contribution >= 4 is 11.8 Å². The van der Waals surface area contributed by atoms with E-state index in [1.54, 1.807) is 0 Å². The van der Waals surface area contributed by atoms with Gasteiger partial charge in [0.15, 0.2) is 0 Å². The molecule has 60 valence electrons. The highest BCUT2D eigenvalue weighted by Crippen LogP contribution is 2.37. The SMILES string of the molecule is C1=CSC(C2CCCC2)=CN1. The molecule has 1 saturated carbocycles. The molecule has 0 radical (unpaired) electrons. The van der Waals surface area contributed by atoms with Gasteiger partial charge in [0.05, 0.1) is 0 Å². The number of hydrogen-bond donors (Lipinski definition) is 1. The highest BCUT2D eigenvalue weighted by molar-refractivity contribution is 8.05. The molecule has 0 atom stereocenters. The van der Waals surface area contributed by atoms with Gasteiger partial charge in [-0.15, -0.1) is 0 Å². The Morgan fingerprint density at radius 2 is 2.18 bits per heavy atom. The van der Waals surface area contributed by atoms with Gasteiger partial charge in [0, 0.05) is 17.3 Å². The van der Waals surface area contributed by atoms with Crippen molar-refractivity contribution in [1.82, 2.24) is 5.32 Å². The summed E-state index contributed by atoms with van der Waals surface area (Å²) in [4.78, 5) is 1.53. The van der Waals surface area contributed by atoms with E-state index in [0.29, 0.717) is 0 Å².